The molecule has 2 unspecified atom stereocenters. The number of amides is 2. The summed E-state index contributed by atoms with van der Waals surface area (Å²) in [6.45, 7) is 5.91. The van der Waals surface area contributed by atoms with Crippen molar-refractivity contribution < 1.29 is 23.9 Å². The molecular weight excluding hydrogens is 424 g/mol. The van der Waals surface area contributed by atoms with Crippen molar-refractivity contribution in [3.05, 3.63) is 0 Å². The molecular formula is C21H34N2O5S2. The van der Waals surface area contributed by atoms with E-state index in [-0.39, 0.29) is 21.9 Å². The van der Waals surface area contributed by atoms with Gasteiger partial charge in [-0.3, -0.25) is 4.79 Å². The van der Waals surface area contributed by atoms with Gasteiger partial charge >= 0.3 is 12.1 Å². The van der Waals surface area contributed by atoms with Gasteiger partial charge in [0.2, 0.25) is 5.91 Å². The minimum absolute atomic E-state index is 0.0532. The standard InChI is InChI=1S/C21H34N2O5S2/c1-20(2,3)28-19(26)22-16(14-8-6-5-7-9-14)17(24)23-13-21(29-10-11-30-21)12-15(23)18(25)27-4/h14-16H,5-13H2,1-4H3,(H,22,26). The van der Waals surface area contributed by atoms with Crippen LogP contribution < -0.4 is 5.32 Å². The third-order valence-corrected chi connectivity index (χ3v) is 9.35. The largest absolute Gasteiger partial charge is 0.467 e. The highest BCUT2D eigenvalue weighted by molar-refractivity contribution is 8.21. The van der Waals surface area contributed by atoms with Crippen LogP contribution in [0.1, 0.15) is 59.3 Å². The predicted molar refractivity (Wildman–Crippen MR) is 120 cm³/mol. The maximum atomic E-state index is 13.7. The van der Waals surface area contributed by atoms with Crippen molar-refractivity contribution in [1.82, 2.24) is 10.2 Å². The Hall–Kier alpha value is -1.09. The van der Waals surface area contributed by atoms with Crippen LogP contribution in [0.15, 0.2) is 0 Å². The van der Waals surface area contributed by atoms with Crippen molar-refractivity contribution in [2.24, 2.45) is 5.92 Å². The van der Waals surface area contributed by atoms with Gasteiger partial charge in [-0.15, -0.1) is 23.5 Å². The van der Waals surface area contributed by atoms with E-state index in [1.165, 1.54) is 7.11 Å². The van der Waals surface area contributed by atoms with Gasteiger partial charge in [-0.2, -0.15) is 0 Å². The van der Waals surface area contributed by atoms with Crippen LogP contribution in [-0.4, -0.2) is 69.8 Å². The summed E-state index contributed by atoms with van der Waals surface area (Å²) >= 11 is 3.65. The Balaban J connectivity index is 1.82. The summed E-state index contributed by atoms with van der Waals surface area (Å²) in [6.07, 6.45) is 5.01. The van der Waals surface area contributed by atoms with Crippen molar-refractivity contribution in [2.45, 2.75) is 81.1 Å². The number of hydrogen-bond donors (Lipinski definition) is 1. The normalized spacial score (nSPS) is 25.2. The lowest BCUT2D eigenvalue weighted by atomic mass is 9.83. The lowest BCUT2D eigenvalue weighted by molar-refractivity contribution is -0.152. The number of carbonyl (C=O) groups excluding carboxylic acids is 3. The zero-order valence-electron chi connectivity index (χ0n) is 18.4. The summed E-state index contributed by atoms with van der Waals surface area (Å²) in [5.74, 6) is 1.52. The second-order valence-electron chi connectivity index (χ2n) is 9.34. The van der Waals surface area contributed by atoms with Crippen LogP contribution in [-0.2, 0) is 19.1 Å². The van der Waals surface area contributed by atoms with E-state index in [1.54, 1.807) is 25.7 Å². The maximum Gasteiger partial charge on any atom is 0.408 e. The lowest BCUT2D eigenvalue weighted by Crippen LogP contribution is -2.55. The Morgan fingerprint density at radius 3 is 2.30 bits per heavy atom. The average molecular weight is 459 g/mol. The number of ether oxygens (including phenoxy) is 2. The van der Waals surface area contributed by atoms with Gasteiger partial charge < -0.3 is 19.7 Å². The first-order chi connectivity index (χ1) is 14.1. The van der Waals surface area contributed by atoms with E-state index in [0.717, 1.165) is 43.6 Å². The molecule has 0 aromatic rings. The van der Waals surface area contributed by atoms with Gasteiger partial charge in [0.1, 0.15) is 17.7 Å². The smallest absolute Gasteiger partial charge is 0.408 e. The van der Waals surface area contributed by atoms with Gasteiger partial charge in [0.05, 0.1) is 11.2 Å². The molecule has 0 radical (unpaired) electrons. The highest BCUT2D eigenvalue weighted by Crippen LogP contribution is 2.52. The van der Waals surface area contributed by atoms with E-state index < -0.39 is 23.8 Å². The second kappa shape index (κ2) is 9.59. The van der Waals surface area contributed by atoms with Crippen LogP contribution in [0, 0.1) is 5.92 Å². The number of rotatable bonds is 4. The van der Waals surface area contributed by atoms with Crippen molar-refractivity contribution in [2.75, 3.05) is 25.2 Å². The first-order valence-corrected chi connectivity index (χ1v) is 12.8. The number of esters is 1. The fraction of sp³-hybridized carbons (Fsp3) is 0.857. The first kappa shape index (κ1) is 23.6. The van der Waals surface area contributed by atoms with Crippen LogP contribution in [0.25, 0.3) is 0 Å². The summed E-state index contributed by atoms with van der Waals surface area (Å²) < 4.78 is 10.3. The molecule has 9 heteroatoms. The number of likely N-dealkylation sites (tertiary alicyclic amines) is 1. The van der Waals surface area contributed by atoms with E-state index >= 15 is 0 Å². The van der Waals surface area contributed by atoms with Crippen LogP contribution in [0.3, 0.4) is 0 Å². The SMILES string of the molecule is COC(=O)C1CC2(CN1C(=O)C(NC(=O)OC(C)(C)C)C1CCCCC1)SCCS2. The van der Waals surface area contributed by atoms with Crippen molar-refractivity contribution in [3.63, 3.8) is 0 Å². The van der Waals surface area contributed by atoms with E-state index in [1.807, 2.05) is 23.5 Å². The lowest BCUT2D eigenvalue weighted by Gasteiger charge is -2.34. The van der Waals surface area contributed by atoms with Gasteiger partial charge in [-0.05, 0) is 39.5 Å². The molecule has 7 nitrogen and oxygen atoms in total. The number of alkyl carbamates (subject to hydrolysis) is 1. The van der Waals surface area contributed by atoms with Gasteiger partial charge in [0, 0.05) is 24.5 Å². The quantitative estimate of drug-likeness (QED) is 0.646. The fourth-order valence-electron chi connectivity index (χ4n) is 4.59. The summed E-state index contributed by atoms with van der Waals surface area (Å²) in [7, 11) is 1.36. The zero-order valence-corrected chi connectivity index (χ0v) is 20.0. The summed E-state index contributed by atoms with van der Waals surface area (Å²) in [5, 5.41) is 2.86. The summed E-state index contributed by atoms with van der Waals surface area (Å²) in [5.41, 5.74) is -0.645. The third kappa shape index (κ3) is 5.58. The zero-order chi connectivity index (χ0) is 21.9. The fourth-order valence-corrected chi connectivity index (χ4v) is 7.84. The molecule has 2 atom stereocenters. The predicted octanol–water partition coefficient (Wildman–Crippen LogP) is 3.41. The van der Waals surface area contributed by atoms with Crippen LogP contribution in [0.5, 0.6) is 0 Å². The van der Waals surface area contributed by atoms with Crippen molar-refractivity contribution in [1.29, 1.82) is 0 Å². The number of nitrogens with one attached hydrogen (secondary N) is 1. The van der Waals surface area contributed by atoms with Crippen LogP contribution >= 0.6 is 23.5 Å². The molecule has 3 aliphatic rings. The van der Waals surface area contributed by atoms with E-state index in [9.17, 15) is 14.4 Å². The van der Waals surface area contributed by atoms with Crippen molar-refractivity contribution in [3.8, 4) is 0 Å². The van der Waals surface area contributed by atoms with Gasteiger partial charge in [-0.25, -0.2) is 9.59 Å². The second-order valence-corrected chi connectivity index (χ2v) is 12.6. The highest BCUT2D eigenvalue weighted by Gasteiger charge is 2.53. The Morgan fingerprint density at radius 1 is 1.10 bits per heavy atom. The molecule has 2 amide bonds. The average Bonchev–Trinajstić information content (AvgIpc) is 3.31. The number of methoxy groups -OCH3 is 1. The highest BCUT2D eigenvalue weighted by atomic mass is 32.2. The molecule has 2 saturated heterocycles. The number of thioether (sulfide) groups is 2. The van der Waals surface area contributed by atoms with Gasteiger partial charge in [0.15, 0.2) is 0 Å². The number of carbonyl (C=O) groups is 3. The Kier molecular flexibility index (Phi) is 7.53. The Labute approximate surface area is 187 Å². The molecule has 1 aliphatic carbocycles. The molecule has 3 fully saturated rings. The molecule has 1 N–H and O–H groups in total. The minimum atomic E-state index is -0.682. The maximum absolute atomic E-state index is 13.7. The molecule has 0 aromatic heterocycles. The monoisotopic (exact) mass is 458 g/mol. The summed E-state index contributed by atoms with van der Waals surface area (Å²) in [6, 6.07) is -1.29. The van der Waals surface area contributed by atoms with Crippen LogP contribution in [0.2, 0.25) is 0 Å². The number of nitrogens with zero attached hydrogens (tertiary/aromatic N) is 1. The van der Waals surface area contributed by atoms with E-state index in [2.05, 4.69) is 5.32 Å². The molecule has 30 heavy (non-hydrogen) atoms. The Morgan fingerprint density at radius 2 is 1.73 bits per heavy atom. The Bertz CT molecular complexity index is 654. The molecule has 2 aliphatic heterocycles. The van der Waals surface area contributed by atoms with Gasteiger partial charge in [-0.1, -0.05) is 19.3 Å². The van der Waals surface area contributed by atoms with Gasteiger partial charge in [0.25, 0.3) is 0 Å². The molecule has 170 valence electrons. The number of hydrogen-bond acceptors (Lipinski definition) is 7. The third-order valence-electron chi connectivity index (χ3n) is 5.92. The molecule has 1 saturated carbocycles. The van der Waals surface area contributed by atoms with Crippen LogP contribution in [0.4, 0.5) is 4.79 Å². The molecule has 0 bridgehead atoms. The molecule has 3 rings (SSSR count). The molecule has 1 spiro atoms. The summed E-state index contributed by atoms with van der Waals surface area (Å²) in [4.78, 5) is 40.5. The first-order valence-electron chi connectivity index (χ1n) is 10.8. The topological polar surface area (TPSA) is 84.9 Å². The molecule has 2 heterocycles. The molecule has 0 aromatic carbocycles. The minimum Gasteiger partial charge on any atom is -0.467 e. The van der Waals surface area contributed by atoms with E-state index in [0.29, 0.717) is 13.0 Å². The van der Waals surface area contributed by atoms with Crippen molar-refractivity contribution >= 4 is 41.5 Å². The van der Waals surface area contributed by atoms with E-state index in [4.69, 9.17) is 9.47 Å².